The zero-order chi connectivity index (χ0) is 20.9. The van der Waals surface area contributed by atoms with Gasteiger partial charge in [-0.3, -0.25) is 9.59 Å². The Bertz CT molecular complexity index is 1190. The normalized spacial score (nSPS) is 10.8. The fourth-order valence-corrected chi connectivity index (χ4v) is 3.73. The number of hydrogen-bond acceptors (Lipinski definition) is 6. The van der Waals surface area contributed by atoms with Crippen molar-refractivity contribution >= 4 is 39.3 Å². The molecule has 152 valence electrons. The second-order valence-corrected chi connectivity index (χ2v) is 7.40. The number of para-hydroxylation sites is 3. The molecule has 8 nitrogen and oxygen atoms in total. The topological polar surface area (TPSA) is 112 Å². The molecule has 30 heavy (non-hydrogen) atoms. The number of fused-ring (bicyclic) bond motifs is 1. The Hall–Kier alpha value is -3.72. The van der Waals surface area contributed by atoms with Crippen LogP contribution in [0.5, 0.6) is 5.75 Å². The molecule has 2 heterocycles. The number of primary amides is 1. The van der Waals surface area contributed by atoms with Crippen LogP contribution in [-0.4, -0.2) is 26.3 Å². The number of nitrogens with one attached hydrogen (secondary N) is 1. The lowest BCUT2D eigenvalue weighted by Crippen LogP contribution is -2.21. The van der Waals surface area contributed by atoms with Gasteiger partial charge < -0.3 is 20.4 Å². The molecule has 2 aromatic carbocycles. The van der Waals surface area contributed by atoms with Crippen molar-refractivity contribution < 1.29 is 14.3 Å². The summed E-state index contributed by atoms with van der Waals surface area (Å²) in [7, 11) is 0. The van der Waals surface area contributed by atoms with Gasteiger partial charge in [0.05, 0.1) is 23.1 Å². The minimum atomic E-state index is -0.467. The fourth-order valence-electron chi connectivity index (χ4n) is 3.00. The molecule has 4 rings (SSSR count). The smallest absolute Gasteiger partial charge is 0.246 e. The molecule has 0 radical (unpaired) electrons. The Morgan fingerprint density at radius 3 is 2.63 bits per heavy atom. The Labute approximate surface area is 176 Å². The number of aromatic nitrogens is 3. The maximum absolute atomic E-state index is 12.7. The number of benzene rings is 2. The minimum absolute atomic E-state index is 0.0412. The largest absolute Gasteiger partial charge is 0.486 e. The number of carbonyl (C=O) groups excluding carboxylic acids is 2. The van der Waals surface area contributed by atoms with Crippen LogP contribution >= 0.6 is 11.3 Å². The molecular weight excluding hydrogens is 402 g/mol. The third-order valence-corrected chi connectivity index (χ3v) is 5.11. The van der Waals surface area contributed by atoms with Gasteiger partial charge in [-0.05, 0) is 24.3 Å². The van der Waals surface area contributed by atoms with Crippen LogP contribution in [0.1, 0.15) is 11.5 Å². The van der Waals surface area contributed by atoms with E-state index in [4.69, 9.17) is 10.5 Å². The van der Waals surface area contributed by atoms with Crippen molar-refractivity contribution in [2.75, 3.05) is 5.32 Å². The van der Waals surface area contributed by atoms with Crippen LogP contribution < -0.4 is 15.8 Å². The number of hydrogen-bond donors (Lipinski definition) is 2. The second-order valence-electron chi connectivity index (χ2n) is 6.54. The molecule has 2 aromatic heterocycles. The molecule has 4 aromatic rings. The van der Waals surface area contributed by atoms with E-state index >= 15 is 0 Å². The zero-order valence-electron chi connectivity index (χ0n) is 15.9. The van der Waals surface area contributed by atoms with E-state index in [1.54, 1.807) is 5.38 Å². The highest BCUT2D eigenvalue weighted by Crippen LogP contribution is 2.20. The highest BCUT2D eigenvalue weighted by molar-refractivity contribution is 7.13. The molecule has 0 aliphatic carbocycles. The third kappa shape index (κ3) is 4.64. The molecule has 0 fully saturated rings. The summed E-state index contributed by atoms with van der Waals surface area (Å²) in [5.41, 5.74) is 7.34. The van der Waals surface area contributed by atoms with Crippen LogP contribution in [0.4, 0.5) is 5.13 Å². The standard InChI is InChI=1S/C21H19N5O3S/c22-18(27)10-14-13-30-21(23-14)25-20(28)11-26-17-9-5-4-8-16(17)24-19(26)12-29-15-6-2-1-3-7-15/h1-9,13H,10-12H2,(H2,22,27)(H,23,25,28). The quantitative estimate of drug-likeness (QED) is 0.454. The van der Waals surface area contributed by atoms with Crippen LogP contribution in [0.15, 0.2) is 60.0 Å². The summed E-state index contributed by atoms with van der Waals surface area (Å²) >= 11 is 1.25. The summed E-state index contributed by atoms with van der Waals surface area (Å²) in [6, 6.07) is 17.0. The van der Waals surface area contributed by atoms with Crippen molar-refractivity contribution in [3.63, 3.8) is 0 Å². The molecule has 0 bridgehead atoms. The molecule has 2 amide bonds. The number of rotatable bonds is 8. The SMILES string of the molecule is NC(=O)Cc1csc(NC(=O)Cn2c(COc3ccccc3)nc3ccccc32)n1. The number of ether oxygens (including phenoxy) is 1. The molecule has 0 saturated heterocycles. The average Bonchev–Trinajstić information content (AvgIpc) is 3.31. The maximum atomic E-state index is 12.7. The number of thiazole rings is 1. The molecule has 0 spiro atoms. The van der Waals surface area contributed by atoms with E-state index in [1.165, 1.54) is 11.3 Å². The first-order chi connectivity index (χ1) is 14.6. The first kappa shape index (κ1) is 19.6. The van der Waals surface area contributed by atoms with Gasteiger partial charge in [0.2, 0.25) is 11.8 Å². The van der Waals surface area contributed by atoms with Gasteiger partial charge in [0.1, 0.15) is 24.7 Å². The molecule has 9 heteroatoms. The molecule has 0 unspecified atom stereocenters. The number of nitrogens with zero attached hydrogens (tertiary/aromatic N) is 3. The van der Waals surface area contributed by atoms with Crippen molar-refractivity contribution in [1.29, 1.82) is 0 Å². The number of carbonyl (C=O) groups is 2. The lowest BCUT2D eigenvalue weighted by atomic mass is 10.3. The van der Waals surface area contributed by atoms with Gasteiger partial charge >= 0.3 is 0 Å². The van der Waals surface area contributed by atoms with E-state index in [-0.39, 0.29) is 25.5 Å². The second kappa shape index (κ2) is 8.75. The summed E-state index contributed by atoms with van der Waals surface area (Å²) in [4.78, 5) is 32.5. The minimum Gasteiger partial charge on any atom is -0.486 e. The summed E-state index contributed by atoms with van der Waals surface area (Å²) in [6.07, 6.45) is 0.0412. The van der Waals surface area contributed by atoms with Gasteiger partial charge in [-0.25, -0.2) is 9.97 Å². The van der Waals surface area contributed by atoms with E-state index in [0.717, 1.165) is 16.8 Å². The zero-order valence-corrected chi connectivity index (χ0v) is 16.8. The van der Waals surface area contributed by atoms with Crippen molar-refractivity contribution in [2.24, 2.45) is 5.73 Å². The number of imidazole rings is 1. The van der Waals surface area contributed by atoms with E-state index in [1.807, 2.05) is 59.2 Å². The Morgan fingerprint density at radius 2 is 1.83 bits per heavy atom. The molecule has 0 aliphatic rings. The summed E-state index contributed by atoms with van der Waals surface area (Å²) in [5.74, 6) is 0.652. The summed E-state index contributed by atoms with van der Waals surface area (Å²) in [5, 5.41) is 4.89. The van der Waals surface area contributed by atoms with Crippen LogP contribution in [0.3, 0.4) is 0 Å². The number of nitrogens with two attached hydrogens (primary N) is 1. The number of anilines is 1. The highest BCUT2D eigenvalue weighted by Gasteiger charge is 2.15. The average molecular weight is 421 g/mol. The predicted octanol–water partition coefficient (Wildman–Crippen LogP) is 2.74. The molecule has 0 atom stereocenters. The maximum Gasteiger partial charge on any atom is 0.246 e. The van der Waals surface area contributed by atoms with E-state index in [9.17, 15) is 9.59 Å². The molecular formula is C21H19N5O3S. The first-order valence-corrected chi connectivity index (χ1v) is 10.1. The van der Waals surface area contributed by atoms with E-state index in [2.05, 4.69) is 15.3 Å². The van der Waals surface area contributed by atoms with Crippen molar-refractivity contribution in [2.45, 2.75) is 19.6 Å². The highest BCUT2D eigenvalue weighted by atomic mass is 32.1. The van der Waals surface area contributed by atoms with Gasteiger partial charge in [0.25, 0.3) is 0 Å². The van der Waals surface area contributed by atoms with Gasteiger partial charge in [-0.1, -0.05) is 30.3 Å². The monoisotopic (exact) mass is 421 g/mol. The Kier molecular flexibility index (Phi) is 5.71. The third-order valence-electron chi connectivity index (χ3n) is 4.30. The van der Waals surface area contributed by atoms with Crippen molar-refractivity contribution in [3.05, 3.63) is 71.5 Å². The molecule has 0 saturated carbocycles. The first-order valence-electron chi connectivity index (χ1n) is 9.23. The molecule has 3 N–H and O–H groups in total. The van der Waals surface area contributed by atoms with Gasteiger partial charge in [0.15, 0.2) is 5.13 Å². The van der Waals surface area contributed by atoms with Crippen molar-refractivity contribution in [1.82, 2.24) is 14.5 Å². The van der Waals surface area contributed by atoms with E-state index in [0.29, 0.717) is 16.6 Å². The van der Waals surface area contributed by atoms with Gasteiger partial charge in [-0.15, -0.1) is 11.3 Å². The lowest BCUT2D eigenvalue weighted by Gasteiger charge is -2.10. The predicted molar refractivity (Wildman–Crippen MR) is 114 cm³/mol. The van der Waals surface area contributed by atoms with Crippen LogP contribution in [0, 0.1) is 0 Å². The van der Waals surface area contributed by atoms with E-state index < -0.39 is 5.91 Å². The van der Waals surface area contributed by atoms with Crippen LogP contribution in [-0.2, 0) is 29.2 Å². The Morgan fingerprint density at radius 1 is 1.07 bits per heavy atom. The summed E-state index contributed by atoms with van der Waals surface area (Å²) < 4.78 is 7.66. The number of amides is 2. The van der Waals surface area contributed by atoms with Crippen LogP contribution in [0.25, 0.3) is 11.0 Å². The van der Waals surface area contributed by atoms with Crippen molar-refractivity contribution in [3.8, 4) is 5.75 Å². The summed E-state index contributed by atoms with van der Waals surface area (Å²) in [6.45, 7) is 0.282. The van der Waals surface area contributed by atoms with Gasteiger partial charge in [-0.2, -0.15) is 0 Å². The van der Waals surface area contributed by atoms with Crippen LogP contribution in [0.2, 0.25) is 0 Å². The lowest BCUT2D eigenvalue weighted by molar-refractivity contribution is -0.117. The van der Waals surface area contributed by atoms with Gasteiger partial charge in [0, 0.05) is 5.38 Å². The molecule has 0 aliphatic heterocycles. The fraction of sp³-hybridized carbons (Fsp3) is 0.143. The Balaban J connectivity index is 1.51.